The first kappa shape index (κ1) is 17.3. The van der Waals surface area contributed by atoms with Crippen molar-refractivity contribution in [2.75, 3.05) is 0 Å². The molecule has 0 aliphatic heterocycles. The van der Waals surface area contributed by atoms with Crippen LogP contribution in [0.15, 0.2) is 59.4 Å². The van der Waals surface area contributed by atoms with Gasteiger partial charge in [0.05, 0.1) is 17.4 Å². The quantitative estimate of drug-likeness (QED) is 0.689. The Hall–Kier alpha value is -3.55. The second-order valence-corrected chi connectivity index (χ2v) is 5.70. The highest BCUT2D eigenvalue weighted by Crippen LogP contribution is 2.14. The summed E-state index contributed by atoms with van der Waals surface area (Å²) in [5, 5.41) is 21.8. The molecule has 0 bridgehead atoms. The van der Waals surface area contributed by atoms with Crippen LogP contribution in [0.2, 0.25) is 0 Å². The highest BCUT2D eigenvalue weighted by atomic mass is 16.4. The Morgan fingerprint density at radius 1 is 1.08 bits per heavy atom. The predicted molar refractivity (Wildman–Crippen MR) is 90.8 cm³/mol. The second-order valence-electron chi connectivity index (χ2n) is 5.70. The summed E-state index contributed by atoms with van der Waals surface area (Å²) in [6.45, 7) is 1.44. The number of fused-ring (bicyclic) bond motifs is 1. The van der Waals surface area contributed by atoms with Crippen molar-refractivity contribution in [3.63, 3.8) is 0 Å². The Morgan fingerprint density at radius 3 is 2.42 bits per heavy atom. The molecule has 8 nitrogen and oxygen atoms in total. The standard InChI is InChI=1S/C18H16N4O4/c1-11(22-17(24)13-9-5-6-10-14(13)20-21-22)16(23)19-15(18(25)26)12-7-3-2-4-8-12/h2-11,15H,1H3,(H,19,23)(H,25,26)/p-1/t11-,15-/m0/s1. The summed E-state index contributed by atoms with van der Waals surface area (Å²) in [6.07, 6.45) is 0. The largest absolute Gasteiger partial charge is 0.548 e. The molecule has 26 heavy (non-hydrogen) atoms. The normalized spacial score (nSPS) is 13.1. The van der Waals surface area contributed by atoms with Crippen LogP contribution in [-0.4, -0.2) is 26.9 Å². The number of nitrogens with one attached hydrogen (secondary N) is 1. The molecule has 3 rings (SSSR count). The third kappa shape index (κ3) is 3.30. The minimum Gasteiger partial charge on any atom is -0.548 e. The number of carboxylic acid groups (broad SMARTS) is 1. The molecule has 0 saturated heterocycles. The minimum absolute atomic E-state index is 0.321. The number of aliphatic carboxylic acids is 1. The van der Waals surface area contributed by atoms with E-state index in [1.54, 1.807) is 54.6 Å². The van der Waals surface area contributed by atoms with Gasteiger partial charge in [0.25, 0.3) is 5.56 Å². The molecule has 0 unspecified atom stereocenters. The van der Waals surface area contributed by atoms with E-state index in [0.29, 0.717) is 16.5 Å². The zero-order valence-corrected chi connectivity index (χ0v) is 13.8. The Bertz CT molecular complexity index is 1020. The number of nitrogens with zero attached hydrogens (tertiary/aromatic N) is 3. The van der Waals surface area contributed by atoms with Gasteiger partial charge < -0.3 is 15.2 Å². The van der Waals surface area contributed by atoms with Gasteiger partial charge in [0.1, 0.15) is 11.6 Å². The van der Waals surface area contributed by atoms with Crippen LogP contribution in [0.4, 0.5) is 0 Å². The van der Waals surface area contributed by atoms with E-state index in [-0.39, 0.29) is 0 Å². The average molecular weight is 351 g/mol. The number of carbonyl (C=O) groups is 2. The zero-order chi connectivity index (χ0) is 18.7. The molecular weight excluding hydrogens is 336 g/mol. The van der Waals surface area contributed by atoms with Crippen LogP contribution < -0.4 is 16.0 Å². The summed E-state index contributed by atoms with van der Waals surface area (Å²) in [7, 11) is 0. The van der Waals surface area contributed by atoms with E-state index < -0.39 is 29.5 Å². The number of hydrogen-bond acceptors (Lipinski definition) is 6. The molecule has 1 amide bonds. The number of rotatable bonds is 5. The van der Waals surface area contributed by atoms with Crippen molar-refractivity contribution in [1.29, 1.82) is 0 Å². The molecule has 8 heteroatoms. The molecular formula is C18H15N4O4-. The number of carbonyl (C=O) groups excluding carboxylic acids is 2. The molecule has 1 heterocycles. The summed E-state index contributed by atoms with van der Waals surface area (Å²) >= 11 is 0. The van der Waals surface area contributed by atoms with E-state index in [1.165, 1.54) is 6.92 Å². The lowest BCUT2D eigenvalue weighted by atomic mass is 10.1. The molecule has 0 radical (unpaired) electrons. The number of hydrogen-bond donors (Lipinski definition) is 1. The third-order valence-electron chi connectivity index (χ3n) is 3.99. The molecule has 0 saturated carbocycles. The molecule has 0 aliphatic rings. The van der Waals surface area contributed by atoms with Gasteiger partial charge in [-0.25, -0.2) is 0 Å². The fraction of sp³-hybridized carbons (Fsp3) is 0.167. The number of amides is 1. The van der Waals surface area contributed by atoms with Gasteiger partial charge in [0.2, 0.25) is 5.91 Å². The first-order chi connectivity index (χ1) is 12.5. The number of aromatic nitrogens is 3. The maximum Gasteiger partial charge on any atom is 0.278 e. The van der Waals surface area contributed by atoms with Gasteiger partial charge in [0.15, 0.2) is 0 Å². The fourth-order valence-electron chi connectivity index (χ4n) is 2.55. The van der Waals surface area contributed by atoms with Gasteiger partial charge in [-0.3, -0.25) is 9.59 Å². The van der Waals surface area contributed by atoms with E-state index in [9.17, 15) is 19.5 Å². The molecule has 1 aromatic heterocycles. The summed E-state index contributed by atoms with van der Waals surface area (Å²) in [5.41, 5.74) is 0.297. The number of benzene rings is 2. The van der Waals surface area contributed by atoms with Gasteiger partial charge in [-0.1, -0.05) is 47.7 Å². The Balaban J connectivity index is 1.89. The van der Waals surface area contributed by atoms with E-state index in [2.05, 4.69) is 15.6 Å². The lowest BCUT2D eigenvalue weighted by Crippen LogP contribution is -2.45. The van der Waals surface area contributed by atoms with Gasteiger partial charge >= 0.3 is 0 Å². The van der Waals surface area contributed by atoms with E-state index in [1.807, 2.05) is 0 Å². The van der Waals surface area contributed by atoms with Crippen LogP contribution >= 0.6 is 0 Å². The van der Waals surface area contributed by atoms with Crippen molar-refractivity contribution in [1.82, 2.24) is 20.3 Å². The van der Waals surface area contributed by atoms with Crippen molar-refractivity contribution in [3.8, 4) is 0 Å². The van der Waals surface area contributed by atoms with Crippen molar-refractivity contribution in [2.45, 2.75) is 19.0 Å². The minimum atomic E-state index is -1.45. The summed E-state index contributed by atoms with van der Waals surface area (Å²) in [4.78, 5) is 36.4. The molecule has 132 valence electrons. The van der Waals surface area contributed by atoms with Crippen LogP contribution in [0.25, 0.3) is 10.9 Å². The van der Waals surface area contributed by atoms with E-state index >= 15 is 0 Å². The van der Waals surface area contributed by atoms with Crippen molar-refractivity contribution in [2.24, 2.45) is 0 Å². The summed E-state index contributed by atoms with van der Waals surface area (Å²) in [5.74, 6) is -2.14. The monoisotopic (exact) mass is 351 g/mol. The summed E-state index contributed by atoms with van der Waals surface area (Å²) < 4.78 is 0.926. The second kappa shape index (κ2) is 7.14. The van der Waals surface area contributed by atoms with Crippen molar-refractivity contribution in [3.05, 3.63) is 70.5 Å². The maximum atomic E-state index is 12.5. The highest BCUT2D eigenvalue weighted by molar-refractivity contribution is 5.86. The van der Waals surface area contributed by atoms with Gasteiger partial charge in [-0.2, -0.15) is 4.68 Å². The summed E-state index contributed by atoms with van der Waals surface area (Å²) in [6, 6.07) is 12.4. The molecule has 3 aromatic rings. The molecule has 1 N–H and O–H groups in total. The first-order valence-electron chi connectivity index (χ1n) is 7.89. The lowest BCUT2D eigenvalue weighted by molar-refractivity contribution is -0.308. The predicted octanol–water partition coefficient (Wildman–Crippen LogP) is -0.0401. The van der Waals surface area contributed by atoms with Crippen LogP contribution in [0.3, 0.4) is 0 Å². The van der Waals surface area contributed by atoms with Crippen LogP contribution in [0.1, 0.15) is 24.6 Å². The van der Waals surface area contributed by atoms with Gasteiger partial charge in [-0.05, 0) is 24.6 Å². The van der Waals surface area contributed by atoms with Crippen molar-refractivity contribution >= 4 is 22.8 Å². The Labute approximate surface area is 148 Å². The SMILES string of the molecule is C[C@@H](C(=O)N[C@H](C(=O)[O-])c1ccccc1)n1nnc2ccccc2c1=O. The molecule has 0 aliphatic carbocycles. The fourth-order valence-corrected chi connectivity index (χ4v) is 2.55. The number of carboxylic acids is 1. The first-order valence-corrected chi connectivity index (χ1v) is 7.89. The molecule has 2 aromatic carbocycles. The highest BCUT2D eigenvalue weighted by Gasteiger charge is 2.23. The van der Waals surface area contributed by atoms with Gasteiger partial charge in [-0.15, -0.1) is 5.10 Å². The van der Waals surface area contributed by atoms with E-state index in [0.717, 1.165) is 4.68 Å². The zero-order valence-electron chi connectivity index (χ0n) is 13.8. The van der Waals surface area contributed by atoms with Crippen molar-refractivity contribution < 1.29 is 14.7 Å². The molecule has 2 atom stereocenters. The third-order valence-corrected chi connectivity index (χ3v) is 3.99. The van der Waals surface area contributed by atoms with Crippen LogP contribution in [0, 0.1) is 0 Å². The Morgan fingerprint density at radius 2 is 1.73 bits per heavy atom. The topological polar surface area (TPSA) is 117 Å². The average Bonchev–Trinajstić information content (AvgIpc) is 2.66. The van der Waals surface area contributed by atoms with Crippen LogP contribution in [-0.2, 0) is 9.59 Å². The lowest BCUT2D eigenvalue weighted by Gasteiger charge is -2.22. The molecule has 0 spiro atoms. The van der Waals surface area contributed by atoms with Crippen LogP contribution in [0.5, 0.6) is 0 Å². The Kier molecular flexibility index (Phi) is 4.74. The molecule has 0 fully saturated rings. The van der Waals surface area contributed by atoms with Gasteiger partial charge in [0, 0.05) is 0 Å². The van der Waals surface area contributed by atoms with E-state index in [4.69, 9.17) is 0 Å². The maximum absolute atomic E-state index is 12.5. The smallest absolute Gasteiger partial charge is 0.278 e.